The highest BCUT2D eigenvalue weighted by Gasteiger charge is 2.49. The molecule has 4 heterocycles. The Morgan fingerprint density at radius 2 is 1.82 bits per heavy atom. The molecule has 2 saturated carbocycles. The lowest BCUT2D eigenvalue weighted by atomic mass is 9.76. The fourth-order valence-electron chi connectivity index (χ4n) is 8.02. The monoisotopic (exact) mass is 576 g/mol. The average molecular weight is 577 g/mol. The van der Waals surface area contributed by atoms with Crippen molar-refractivity contribution >= 4 is 23.5 Å². The molecule has 10 nitrogen and oxygen atoms in total. The molecule has 1 amide bonds. The zero-order valence-corrected chi connectivity index (χ0v) is 24.4. The largest absolute Gasteiger partial charge is 0.378 e. The molecule has 0 aromatic rings. The molecule has 6 rings (SSSR count). The maximum Gasteiger partial charge on any atom is 0.236 e. The number of primary amides is 1. The molecule has 11 heteroatoms. The number of hydrogen-bond acceptors (Lipinski definition) is 10. The van der Waals surface area contributed by atoms with Gasteiger partial charge in [0.2, 0.25) is 5.91 Å². The van der Waals surface area contributed by atoms with Crippen LogP contribution in [0.3, 0.4) is 0 Å². The van der Waals surface area contributed by atoms with Gasteiger partial charge in [-0.05, 0) is 44.4 Å². The Morgan fingerprint density at radius 1 is 1.02 bits per heavy atom. The van der Waals surface area contributed by atoms with Gasteiger partial charge in [0.15, 0.2) is 5.78 Å². The van der Waals surface area contributed by atoms with Gasteiger partial charge in [-0.2, -0.15) is 0 Å². The zero-order valence-electron chi connectivity index (χ0n) is 23.6. The number of ether oxygens (including phenoxy) is 2. The minimum absolute atomic E-state index is 0.0126. The minimum atomic E-state index is -0.370. The van der Waals surface area contributed by atoms with E-state index in [0.717, 1.165) is 69.6 Å². The maximum absolute atomic E-state index is 13.0. The lowest BCUT2D eigenvalue weighted by molar-refractivity contribution is -0.123. The number of carbonyl (C=O) groups excluding carboxylic acids is 2. The molecule has 0 aromatic heterocycles. The van der Waals surface area contributed by atoms with Gasteiger partial charge in [0.05, 0.1) is 24.8 Å². The summed E-state index contributed by atoms with van der Waals surface area (Å²) in [4.78, 5) is 27.7. The van der Waals surface area contributed by atoms with Crippen LogP contribution in [0.25, 0.3) is 0 Å². The van der Waals surface area contributed by atoms with E-state index in [4.69, 9.17) is 20.9 Å². The van der Waals surface area contributed by atoms with E-state index in [1.807, 2.05) is 11.8 Å². The van der Waals surface area contributed by atoms with Crippen LogP contribution >= 0.6 is 11.8 Å². The second-order valence-corrected chi connectivity index (χ2v) is 14.0. The summed E-state index contributed by atoms with van der Waals surface area (Å²) >= 11 is 1.85. The van der Waals surface area contributed by atoms with Crippen LogP contribution in [0.5, 0.6) is 0 Å². The summed E-state index contributed by atoms with van der Waals surface area (Å²) in [5.41, 5.74) is 12.3. The molecule has 0 spiro atoms. The summed E-state index contributed by atoms with van der Waals surface area (Å²) in [7, 11) is 0. The normalized spacial score (nSPS) is 42.8. The molecule has 40 heavy (non-hydrogen) atoms. The third-order valence-corrected chi connectivity index (χ3v) is 11.7. The predicted octanol–water partition coefficient (Wildman–Crippen LogP) is 0.452. The Balaban J connectivity index is 1.08. The van der Waals surface area contributed by atoms with Crippen molar-refractivity contribution < 1.29 is 19.1 Å². The summed E-state index contributed by atoms with van der Waals surface area (Å²) in [5.74, 6) is 0.673. The lowest BCUT2D eigenvalue weighted by Gasteiger charge is -2.43. The Labute approximate surface area is 242 Å². The topological polar surface area (TPSA) is 144 Å². The van der Waals surface area contributed by atoms with Crippen LogP contribution in [-0.2, 0) is 19.1 Å². The standard InChI is InChI=1S/C29H48N6O4S/c30-21-6-1-2-7-22(21)34-19-13-23(26(29(31)37)32-15-19)33-18-5-3-4-17(12-18)20-16-39-27-24(36)14-25(40-28(20)27)35-8-10-38-11-9-35/h14,17-23,26-28,32-34H,1-13,15-16,30H2,(H2,31,37)/t17?,18?,19?,20?,21-,22+,23?,26?,27?,28?/m1/s1. The van der Waals surface area contributed by atoms with Gasteiger partial charge in [0.1, 0.15) is 12.1 Å². The fraction of sp³-hybridized carbons (Fsp3) is 0.862. The van der Waals surface area contributed by atoms with E-state index in [-0.39, 0.29) is 47.2 Å². The molecule has 10 atom stereocenters. The van der Waals surface area contributed by atoms with E-state index in [2.05, 4.69) is 20.9 Å². The Kier molecular flexibility index (Phi) is 9.37. The predicted molar refractivity (Wildman–Crippen MR) is 156 cm³/mol. The number of rotatable bonds is 7. The zero-order chi connectivity index (χ0) is 27.6. The lowest BCUT2D eigenvalue weighted by Crippen LogP contribution is -2.66. The van der Waals surface area contributed by atoms with Crippen molar-refractivity contribution in [2.24, 2.45) is 23.3 Å². The van der Waals surface area contributed by atoms with Gasteiger partial charge in [-0.3, -0.25) is 9.59 Å². The van der Waals surface area contributed by atoms with Gasteiger partial charge < -0.3 is 41.8 Å². The van der Waals surface area contributed by atoms with Crippen molar-refractivity contribution in [3.8, 4) is 0 Å². The van der Waals surface area contributed by atoms with Gasteiger partial charge in [-0.1, -0.05) is 19.3 Å². The third-order valence-electron chi connectivity index (χ3n) is 10.2. The summed E-state index contributed by atoms with van der Waals surface area (Å²) in [6.45, 7) is 4.48. The molecule has 6 aliphatic rings. The van der Waals surface area contributed by atoms with Crippen LogP contribution in [0, 0.1) is 11.8 Å². The van der Waals surface area contributed by atoms with Crippen molar-refractivity contribution in [1.29, 1.82) is 0 Å². The molecule has 8 unspecified atom stereocenters. The molecule has 224 valence electrons. The molecule has 7 N–H and O–H groups in total. The number of nitrogens with two attached hydrogens (primary N) is 2. The van der Waals surface area contributed by atoms with E-state index >= 15 is 0 Å². The quantitative estimate of drug-likeness (QED) is 0.290. The molecular formula is C29H48N6O4S. The van der Waals surface area contributed by atoms with Gasteiger partial charge in [0.25, 0.3) is 0 Å². The number of piperidine rings is 1. The van der Waals surface area contributed by atoms with E-state index in [1.165, 1.54) is 12.8 Å². The first-order valence-electron chi connectivity index (χ1n) is 15.6. The summed E-state index contributed by atoms with van der Waals surface area (Å²) < 4.78 is 11.7. The summed E-state index contributed by atoms with van der Waals surface area (Å²) in [5, 5.41) is 12.4. The van der Waals surface area contributed by atoms with E-state index in [0.29, 0.717) is 43.7 Å². The van der Waals surface area contributed by atoms with Crippen molar-refractivity contribution in [1.82, 2.24) is 20.9 Å². The molecular weight excluding hydrogens is 528 g/mol. The van der Waals surface area contributed by atoms with Crippen LogP contribution in [0.2, 0.25) is 0 Å². The summed E-state index contributed by atoms with van der Waals surface area (Å²) in [6.07, 6.45) is 11.4. The van der Waals surface area contributed by atoms with Crippen molar-refractivity contribution in [2.75, 3.05) is 39.5 Å². The number of carbonyl (C=O) groups is 2. The van der Waals surface area contributed by atoms with Crippen LogP contribution in [-0.4, -0.2) is 104 Å². The molecule has 0 bridgehead atoms. The highest BCUT2D eigenvalue weighted by Crippen LogP contribution is 2.47. The number of nitrogens with zero attached hydrogens (tertiary/aromatic N) is 1. The summed E-state index contributed by atoms with van der Waals surface area (Å²) in [6, 6.07) is 0.745. The molecule has 0 aromatic carbocycles. The first-order chi connectivity index (χ1) is 19.5. The number of fused-ring (bicyclic) bond motifs is 1. The minimum Gasteiger partial charge on any atom is -0.378 e. The SMILES string of the molecule is NC(=O)C1NCC(N[C@H]2CCCC[C@H]2N)CC1NC1CCCC(C2COC3C(=O)C=C(N4CCOCC4)SC32)C1. The molecule has 5 fully saturated rings. The highest BCUT2D eigenvalue weighted by atomic mass is 32.2. The van der Waals surface area contributed by atoms with Gasteiger partial charge >= 0.3 is 0 Å². The number of amides is 1. The molecule has 3 saturated heterocycles. The molecule has 0 radical (unpaired) electrons. The fourth-order valence-corrected chi connectivity index (χ4v) is 9.63. The van der Waals surface area contributed by atoms with E-state index in [9.17, 15) is 9.59 Å². The van der Waals surface area contributed by atoms with Gasteiger partial charge in [-0.15, -0.1) is 11.8 Å². The Bertz CT molecular complexity index is 947. The van der Waals surface area contributed by atoms with Crippen molar-refractivity contribution in [2.45, 2.75) is 105 Å². The average Bonchev–Trinajstić information content (AvgIpc) is 3.40. The number of ketones is 1. The molecule has 2 aliphatic carbocycles. The first-order valence-corrected chi connectivity index (χ1v) is 16.5. The van der Waals surface area contributed by atoms with Crippen molar-refractivity contribution in [3.63, 3.8) is 0 Å². The smallest absolute Gasteiger partial charge is 0.236 e. The number of nitrogens with one attached hydrogen (secondary N) is 3. The second-order valence-electron chi connectivity index (χ2n) is 12.8. The first kappa shape index (κ1) is 28.9. The Hall–Kier alpha value is -1.21. The maximum atomic E-state index is 13.0. The Morgan fingerprint density at radius 3 is 2.62 bits per heavy atom. The van der Waals surface area contributed by atoms with Crippen molar-refractivity contribution in [3.05, 3.63) is 11.1 Å². The van der Waals surface area contributed by atoms with Gasteiger partial charge in [0, 0.05) is 67.1 Å². The van der Waals surface area contributed by atoms with Crippen LogP contribution in [0.15, 0.2) is 11.1 Å². The van der Waals surface area contributed by atoms with Crippen LogP contribution in [0.4, 0.5) is 0 Å². The molecule has 4 aliphatic heterocycles. The van der Waals surface area contributed by atoms with Crippen LogP contribution < -0.4 is 27.4 Å². The van der Waals surface area contributed by atoms with Crippen LogP contribution in [0.1, 0.15) is 57.8 Å². The van der Waals surface area contributed by atoms with E-state index in [1.54, 1.807) is 6.08 Å². The number of morpholine rings is 1. The number of thioether (sulfide) groups is 1. The third kappa shape index (κ3) is 6.40. The highest BCUT2D eigenvalue weighted by molar-refractivity contribution is 8.03. The van der Waals surface area contributed by atoms with E-state index < -0.39 is 0 Å². The van der Waals surface area contributed by atoms with Gasteiger partial charge in [-0.25, -0.2) is 0 Å². The number of hydrogen-bond donors (Lipinski definition) is 5. The second kappa shape index (κ2) is 13.0.